The number of carbonyl (C=O) groups is 1. The van der Waals surface area contributed by atoms with Gasteiger partial charge < -0.3 is 20.5 Å². The van der Waals surface area contributed by atoms with Crippen LogP contribution in [0.15, 0.2) is 36.8 Å². The summed E-state index contributed by atoms with van der Waals surface area (Å²) in [4.78, 5) is 26.2. The van der Waals surface area contributed by atoms with Crippen molar-refractivity contribution < 1.29 is 18.0 Å². The third-order valence-corrected chi connectivity index (χ3v) is 5.50. The Bertz CT molecular complexity index is 1080. The number of anilines is 2. The Hall–Kier alpha value is -3.30. The number of nitrogens with one attached hydrogen (secondary N) is 3. The van der Waals surface area contributed by atoms with Crippen LogP contribution >= 0.6 is 0 Å². The van der Waals surface area contributed by atoms with Crippen LogP contribution in [0.2, 0.25) is 0 Å². The van der Waals surface area contributed by atoms with Crippen LogP contribution in [-0.4, -0.2) is 46.5 Å². The molecule has 0 saturated carbocycles. The van der Waals surface area contributed by atoms with Gasteiger partial charge >= 0.3 is 6.18 Å². The second-order valence-electron chi connectivity index (χ2n) is 7.62. The number of aromatic nitrogens is 3. The van der Waals surface area contributed by atoms with Crippen LogP contribution in [0.4, 0.5) is 24.7 Å². The first kappa shape index (κ1) is 21.0. The van der Waals surface area contributed by atoms with E-state index < -0.39 is 11.7 Å². The maximum Gasteiger partial charge on any atom is 0.416 e. The highest BCUT2D eigenvalue weighted by molar-refractivity contribution is 5.87. The third-order valence-electron chi connectivity index (χ3n) is 5.50. The number of piperidine rings is 1. The number of carbonyl (C=O) groups excluding carboxylic acids is 1. The standard InChI is InChI=1S/C21H23F3N6O/c1-13-16(21(22,23)24)5-2-6-17(13)26-10-18(31)29-14-4-3-9-30(11-14)20-15-7-8-25-19(15)27-12-28-20/h2,5-8,12,14,26H,3-4,9-11H2,1H3,(H,29,31)(H,25,27,28)/t14-/m1/s1. The predicted molar refractivity (Wildman–Crippen MR) is 112 cm³/mol. The Kier molecular flexibility index (Phi) is 5.71. The van der Waals surface area contributed by atoms with Gasteiger partial charge in [-0.15, -0.1) is 0 Å². The summed E-state index contributed by atoms with van der Waals surface area (Å²) < 4.78 is 39.2. The van der Waals surface area contributed by atoms with E-state index in [0.29, 0.717) is 12.2 Å². The lowest BCUT2D eigenvalue weighted by molar-refractivity contribution is -0.138. The van der Waals surface area contributed by atoms with Crippen molar-refractivity contribution in [1.29, 1.82) is 0 Å². The van der Waals surface area contributed by atoms with E-state index in [1.54, 1.807) is 0 Å². The van der Waals surface area contributed by atoms with Crippen LogP contribution in [0.1, 0.15) is 24.0 Å². The Morgan fingerprint density at radius 1 is 1.29 bits per heavy atom. The van der Waals surface area contributed by atoms with Gasteiger partial charge in [0, 0.05) is 31.0 Å². The third kappa shape index (κ3) is 4.57. The summed E-state index contributed by atoms with van der Waals surface area (Å²) in [5.74, 6) is 0.557. The first-order valence-electron chi connectivity index (χ1n) is 10.1. The molecular weight excluding hydrogens is 409 g/mol. The van der Waals surface area contributed by atoms with Gasteiger partial charge in [0.15, 0.2) is 0 Å². The summed E-state index contributed by atoms with van der Waals surface area (Å²) in [5, 5.41) is 6.73. The summed E-state index contributed by atoms with van der Waals surface area (Å²) in [6, 6.07) is 5.75. The molecule has 0 spiro atoms. The molecule has 31 heavy (non-hydrogen) atoms. The summed E-state index contributed by atoms with van der Waals surface area (Å²) >= 11 is 0. The van der Waals surface area contributed by atoms with E-state index in [4.69, 9.17) is 0 Å². The second-order valence-corrected chi connectivity index (χ2v) is 7.62. The molecule has 1 aliphatic rings. The number of H-pyrrole nitrogens is 1. The Balaban J connectivity index is 1.37. The number of nitrogens with zero attached hydrogens (tertiary/aromatic N) is 3. The lowest BCUT2D eigenvalue weighted by Gasteiger charge is -2.34. The van der Waals surface area contributed by atoms with E-state index in [-0.39, 0.29) is 24.1 Å². The Morgan fingerprint density at radius 2 is 2.13 bits per heavy atom. The van der Waals surface area contributed by atoms with Crippen molar-refractivity contribution in [1.82, 2.24) is 20.3 Å². The molecule has 1 saturated heterocycles. The summed E-state index contributed by atoms with van der Waals surface area (Å²) in [7, 11) is 0. The van der Waals surface area contributed by atoms with Crippen LogP contribution in [0.25, 0.3) is 11.0 Å². The maximum absolute atomic E-state index is 13.1. The molecule has 4 rings (SSSR count). The number of amides is 1. The number of hydrogen-bond acceptors (Lipinski definition) is 5. The molecule has 0 bridgehead atoms. The zero-order valence-electron chi connectivity index (χ0n) is 17.0. The van der Waals surface area contributed by atoms with E-state index in [9.17, 15) is 18.0 Å². The minimum atomic E-state index is -4.43. The molecule has 2 aromatic heterocycles. The van der Waals surface area contributed by atoms with Gasteiger partial charge in [0.2, 0.25) is 5.91 Å². The minimum absolute atomic E-state index is 0.0744. The van der Waals surface area contributed by atoms with E-state index in [0.717, 1.165) is 42.3 Å². The lowest BCUT2D eigenvalue weighted by atomic mass is 10.1. The quantitative estimate of drug-likeness (QED) is 0.575. The number of halogens is 3. The van der Waals surface area contributed by atoms with Gasteiger partial charge in [-0.25, -0.2) is 9.97 Å². The average Bonchev–Trinajstić information content (AvgIpc) is 3.21. The van der Waals surface area contributed by atoms with Crippen molar-refractivity contribution in [3.63, 3.8) is 0 Å². The molecule has 0 aliphatic carbocycles. The van der Waals surface area contributed by atoms with Crippen molar-refractivity contribution >= 4 is 28.4 Å². The smallest absolute Gasteiger partial charge is 0.376 e. The number of benzene rings is 1. The lowest BCUT2D eigenvalue weighted by Crippen LogP contribution is -2.49. The van der Waals surface area contributed by atoms with Gasteiger partial charge in [0.25, 0.3) is 0 Å². The molecule has 3 N–H and O–H groups in total. The molecule has 0 radical (unpaired) electrons. The molecule has 0 unspecified atom stereocenters. The molecule has 7 nitrogen and oxygen atoms in total. The van der Waals surface area contributed by atoms with Crippen molar-refractivity contribution in [2.24, 2.45) is 0 Å². The van der Waals surface area contributed by atoms with E-state index in [1.807, 2.05) is 12.3 Å². The van der Waals surface area contributed by atoms with Crippen molar-refractivity contribution in [2.75, 3.05) is 29.9 Å². The molecule has 164 valence electrons. The Morgan fingerprint density at radius 3 is 2.94 bits per heavy atom. The minimum Gasteiger partial charge on any atom is -0.376 e. The topological polar surface area (TPSA) is 85.9 Å². The molecular formula is C21H23F3N6O. The summed E-state index contributed by atoms with van der Waals surface area (Å²) in [6.07, 6.45) is 0.611. The largest absolute Gasteiger partial charge is 0.416 e. The zero-order chi connectivity index (χ0) is 22.0. The maximum atomic E-state index is 13.1. The fourth-order valence-corrected chi connectivity index (χ4v) is 3.99. The van der Waals surface area contributed by atoms with Crippen LogP contribution in [-0.2, 0) is 11.0 Å². The van der Waals surface area contributed by atoms with Crippen molar-refractivity contribution in [2.45, 2.75) is 32.0 Å². The van der Waals surface area contributed by atoms with E-state index in [1.165, 1.54) is 25.4 Å². The van der Waals surface area contributed by atoms with Gasteiger partial charge in [-0.05, 0) is 43.5 Å². The van der Waals surface area contributed by atoms with Crippen LogP contribution in [0.3, 0.4) is 0 Å². The molecule has 3 heterocycles. The number of fused-ring (bicyclic) bond motifs is 1. The first-order chi connectivity index (χ1) is 14.8. The molecule has 1 atom stereocenters. The number of alkyl halides is 3. The molecule has 10 heteroatoms. The van der Waals surface area contributed by atoms with Gasteiger partial charge in [0.1, 0.15) is 17.8 Å². The second kappa shape index (κ2) is 8.44. The number of aromatic amines is 1. The number of hydrogen-bond donors (Lipinski definition) is 3. The SMILES string of the molecule is Cc1c(NCC(=O)N[C@@H]2CCCN(c3ncnc4[nH]ccc34)C2)cccc1C(F)(F)F. The van der Waals surface area contributed by atoms with E-state index >= 15 is 0 Å². The van der Waals surface area contributed by atoms with Crippen LogP contribution < -0.4 is 15.5 Å². The monoisotopic (exact) mass is 432 g/mol. The van der Waals surface area contributed by atoms with Gasteiger partial charge in [-0.1, -0.05) is 6.07 Å². The molecule has 1 fully saturated rings. The zero-order valence-corrected chi connectivity index (χ0v) is 17.0. The molecule has 1 amide bonds. The Labute approximate surface area is 177 Å². The first-order valence-corrected chi connectivity index (χ1v) is 10.1. The fraction of sp³-hybridized carbons (Fsp3) is 0.381. The summed E-state index contributed by atoms with van der Waals surface area (Å²) in [5.41, 5.74) is 0.426. The predicted octanol–water partition coefficient (Wildman–Crippen LogP) is 3.48. The van der Waals surface area contributed by atoms with Gasteiger partial charge in [-0.2, -0.15) is 13.2 Å². The molecule has 1 aromatic carbocycles. The normalized spacial score (nSPS) is 17.0. The van der Waals surface area contributed by atoms with Crippen molar-refractivity contribution in [3.8, 4) is 0 Å². The fourth-order valence-electron chi connectivity index (χ4n) is 3.99. The molecule has 3 aromatic rings. The van der Waals surface area contributed by atoms with Crippen LogP contribution in [0, 0.1) is 6.92 Å². The van der Waals surface area contributed by atoms with Crippen molar-refractivity contribution in [3.05, 3.63) is 47.9 Å². The van der Waals surface area contributed by atoms with E-state index in [2.05, 4.69) is 30.5 Å². The van der Waals surface area contributed by atoms with Crippen LogP contribution in [0.5, 0.6) is 0 Å². The average molecular weight is 432 g/mol. The molecule has 1 aliphatic heterocycles. The highest BCUT2D eigenvalue weighted by Gasteiger charge is 2.33. The highest BCUT2D eigenvalue weighted by Crippen LogP contribution is 2.34. The number of rotatable bonds is 5. The van der Waals surface area contributed by atoms with Gasteiger partial charge in [-0.3, -0.25) is 4.79 Å². The summed E-state index contributed by atoms with van der Waals surface area (Å²) in [6.45, 7) is 2.72. The highest BCUT2D eigenvalue weighted by atomic mass is 19.4. The van der Waals surface area contributed by atoms with Gasteiger partial charge in [0.05, 0.1) is 17.5 Å².